The second-order valence-corrected chi connectivity index (χ2v) is 13.1. The van der Waals surface area contributed by atoms with Crippen molar-refractivity contribution < 1.29 is 0 Å². The first-order valence-electron chi connectivity index (χ1n) is 19.0. The molecule has 266 valence electrons. The van der Waals surface area contributed by atoms with Gasteiger partial charge < -0.3 is 0 Å². The van der Waals surface area contributed by atoms with Gasteiger partial charge in [0.2, 0.25) is 0 Å². The molecular formula is C54H50. The molecular weight excluding hydrogens is 649 g/mol. The molecule has 0 aliphatic heterocycles. The summed E-state index contributed by atoms with van der Waals surface area (Å²) in [7, 11) is 0. The molecule has 0 N–H and O–H groups in total. The van der Waals surface area contributed by atoms with Crippen LogP contribution in [0.4, 0.5) is 0 Å². The molecule has 0 spiro atoms. The molecule has 0 aliphatic carbocycles. The van der Waals surface area contributed by atoms with E-state index in [-0.39, 0.29) is 7.43 Å². The fourth-order valence-electron chi connectivity index (χ4n) is 7.53. The second kappa shape index (κ2) is 17.5. The number of fused-ring (bicyclic) bond motifs is 2. The first kappa shape index (κ1) is 37.5. The number of rotatable bonds is 8. The van der Waals surface area contributed by atoms with E-state index in [1.165, 1.54) is 88.3 Å². The Morgan fingerprint density at radius 3 is 1.09 bits per heavy atom. The highest BCUT2D eigenvalue weighted by molar-refractivity contribution is 6.22. The molecule has 0 saturated heterocycles. The first-order chi connectivity index (χ1) is 26.2. The van der Waals surface area contributed by atoms with Gasteiger partial charge in [0.25, 0.3) is 0 Å². The third kappa shape index (κ3) is 7.61. The van der Waals surface area contributed by atoms with Gasteiger partial charge in [-0.05, 0) is 138 Å². The normalized spacial score (nSPS) is 11.3. The van der Waals surface area contributed by atoms with Crippen LogP contribution in [0.15, 0.2) is 194 Å². The molecule has 0 radical (unpaired) electrons. The quantitative estimate of drug-likeness (QED) is 0.109. The number of allylic oxidation sites excluding steroid dienone is 4. The van der Waals surface area contributed by atoms with Gasteiger partial charge in [-0.2, -0.15) is 0 Å². The molecule has 0 bridgehead atoms. The number of hydrogen-bond donors (Lipinski definition) is 0. The van der Waals surface area contributed by atoms with Crippen molar-refractivity contribution in [1.29, 1.82) is 0 Å². The summed E-state index contributed by atoms with van der Waals surface area (Å²) in [4.78, 5) is 0. The average Bonchev–Trinajstić information content (AvgIpc) is 3.24. The Hall–Kier alpha value is -6.24. The highest BCUT2D eigenvalue weighted by Crippen LogP contribution is 2.46. The van der Waals surface area contributed by atoms with E-state index in [1.807, 2.05) is 13.8 Å². The van der Waals surface area contributed by atoms with Gasteiger partial charge in [0, 0.05) is 0 Å². The first-order valence-corrected chi connectivity index (χ1v) is 19.0. The lowest BCUT2D eigenvalue weighted by Gasteiger charge is -2.20. The van der Waals surface area contributed by atoms with Gasteiger partial charge in [-0.1, -0.05) is 186 Å². The third-order valence-corrected chi connectivity index (χ3v) is 9.80. The van der Waals surface area contributed by atoms with E-state index in [0.717, 1.165) is 6.42 Å². The van der Waals surface area contributed by atoms with E-state index in [9.17, 15) is 0 Å². The number of hydrogen-bond acceptors (Lipinski definition) is 0. The van der Waals surface area contributed by atoms with E-state index in [0.29, 0.717) is 0 Å². The minimum Gasteiger partial charge on any atom is -0.0871 e. The van der Waals surface area contributed by atoms with Crippen LogP contribution in [-0.2, 0) is 0 Å². The van der Waals surface area contributed by atoms with Crippen LogP contribution in [0.25, 0.3) is 82.8 Å². The van der Waals surface area contributed by atoms with Gasteiger partial charge in [-0.3, -0.25) is 0 Å². The van der Waals surface area contributed by atoms with Gasteiger partial charge in [0.05, 0.1) is 0 Å². The Balaban J connectivity index is 0.00000163. The maximum atomic E-state index is 2.39. The van der Waals surface area contributed by atoms with Crippen LogP contribution in [-0.4, -0.2) is 0 Å². The Morgan fingerprint density at radius 2 is 0.722 bits per heavy atom. The lowest BCUT2D eigenvalue weighted by atomic mass is 9.83. The van der Waals surface area contributed by atoms with Crippen LogP contribution in [0.2, 0.25) is 0 Å². The van der Waals surface area contributed by atoms with Gasteiger partial charge >= 0.3 is 0 Å². The third-order valence-electron chi connectivity index (χ3n) is 9.80. The van der Waals surface area contributed by atoms with Gasteiger partial charge in [0.1, 0.15) is 0 Å². The molecule has 54 heavy (non-hydrogen) atoms. The largest absolute Gasteiger partial charge is 0.0871 e. The molecule has 8 aromatic carbocycles. The molecule has 0 heterocycles. The van der Waals surface area contributed by atoms with Gasteiger partial charge in [-0.25, -0.2) is 0 Å². The fourth-order valence-corrected chi connectivity index (χ4v) is 7.53. The molecule has 0 unspecified atom stereocenters. The van der Waals surface area contributed by atoms with Crippen LogP contribution in [0.1, 0.15) is 47.1 Å². The summed E-state index contributed by atoms with van der Waals surface area (Å²) in [5.41, 5.74) is 14.7. The summed E-state index contributed by atoms with van der Waals surface area (Å²) < 4.78 is 0. The molecule has 0 aromatic heterocycles. The van der Waals surface area contributed by atoms with Crippen LogP contribution in [0, 0.1) is 0 Å². The molecule has 0 aliphatic rings. The Bertz CT molecular complexity index is 2420. The van der Waals surface area contributed by atoms with Crippen LogP contribution >= 0.6 is 0 Å². The smallest absolute Gasteiger partial charge is 0.00259 e. The molecule has 0 saturated carbocycles. The second-order valence-electron chi connectivity index (χ2n) is 13.1. The summed E-state index contributed by atoms with van der Waals surface area (Å²) in [6, 6.07) is 64.5. The monoisotopic (exact) mass is 698 g/mol. The highest BCUT2D eigenvalue weighted by atomic mass is 14.2. The van der Waals surface area contributed by atoms with E-state index in [2.05, 4.69) is 208 Å². The van der Waals surface area contributed by atoms with Crippen molar-refractivity contribution in [3.63, 3.8) is 0 Å². The molecule has 0 amide bonds. The maximum Gasteiger partial charge on any atom is -0.00259 e. The predicted octanol–water partition coefficient (Wildman–Crippen LogP) is 16.4. The summed E-state index contributed by atoms with van der Waals surface area (Å²) in [5.74, 6) is 0. The van der Waals surface area contributed by atoms with Crippen molar-refractivity contribution in [1.82, 2.24) is 0 Å². The Kier molecular flexibility index (Phi) is 12.2. The lowest BCUT2D eigenvalue weighted by molar-refractivity contribution is 1.23. The maximum absolute atomic E-state index is 2.39. The zero-order valence-corrected chi connectivity index (χ0v) is 31.2. The molecule has 0 nitrogen and oxygen atoms in total. The fraction of sp³-hybridized carbons (Fsp3) is 0.111. The summed E-state index contributed by atoms with van der Waals surface area (Å²) >= 11 is 0. The van der Waals surface area contributed by atoms with E-state index in [1.54, 1.807) is 0 Å². The minimum absolute atomic E-state index is 0. The summed E-state index contributed by atoms with van der Waals surface area (Å²) in [5, 5.41) is 5.00. The SMILES string of the molecule is C.C/C=C\C(=C/CC)c1cc(-c2ccccc2)cc(-c2c3ccccc3c(-c3cc(-c4ccccc4)cc(-c4ccccc4)c3)c3ccccc23)c1.CC. The van der Waals surface area contributed by atoms with Crippen molar-refractivity contribution >= 4 is 27.1 Å². The average molecular weight is 699 g/mol. The molecule has 0 heteroatoms. The zero-order chi connectivity index (χ0) is 36.6. The van der Waals surface area contributed by atoms with Crippen molar-refractivity contribution in [3.8, 4) is 55.6 Å². The molecule has 8 aromatic rings. The van der Waals surface area contributed by atoms with Crippen molar-refractivity contribution in [3.05, 3.63) is 200 Å². The molecule has 0 fully saturated rings. The Morgan fingerprint density at radius 1 is 0.407 bits per heavy atom. The van der Waals surface area contributed by atoms with E-state index >= 15 is 0 Å². The van der Waals surface area contributed by atoms with Crippen LogP contribution in [0.3, 0.4) is 0 Å². The van der Waals surface area contributed by atoms with Gasteiger partial charge in [0.15, 0.2) is 0 Å². The van der Waals surface area contributed by atoms with Crippen molar-refractivity contribution in [2.45, 2.75) is 41.5 Å². The molecule has 8 rings (SSSR count). The van der Waals surface area contributed by atoms with E-state index in [4.69, 9.17) is 0 Å². The zero-order valence-electron chi connectivity index (χ0n) is 31.2. The predicted molar refractivity (Wildman–Crippen MR) is 240 cm³/mol. The number of benzene rings is 8. The lowest BCUT2D eigenvalue weighted by Crippen LogP contribution is -1.94. The topological polar surface area (TPSA) is 0 Å². The highest BCUT2D eigenvalue weighted by Gasteiger charge is 2.19. The van der Waals surface area contributed by atoms with Crippen LogP contribution < -0.4 is 0 Å². The van der Waals surface area contributed by atoms with Crippen molar-refractivity contribution in [2.24, 2.45) is 0 Å². The standard InChI is InChI=1S/C51H40.C2H6.CH4/c1-3-18-36(19-4-2)40-30-41(37-20-8-5-9-21-37)33-44(32-40)50-46-26-14-16-28-48(46)51(49-29-17-15-27-47(49)50)45-34-42(38-22-10-6-11-23-38)31-43(35-45)39-24-12-7-13-25-39;1-2;/h3,5-35H,4H2,1-2H3;1-2H3;1H4/b18-3-,36-19+;;. The van der Waals surface area contributed by atoms with E-state index < -0.39 is 0 Å². The van der Waals surface area contributed by atoms with Gasteiger partial charge in [-0.15, -0.1) is 0 Å². The van der Waals surface area contributed by atoms with Crippen LogP contribution in [0.5, 0.6) is 0 Å². The van der Waals surface area contributed by atoms with Crippen molar-refractivity contribution in [2.75, 3.05) is 0 Å². The summed E-state index contributed by atoms with van der Waals surface area (Å²) in [6.45, 7) is 8.31. The Labute approximate surface area is 322 Å². The molecule has 0 atom stereocenters. The minimum atomic E-state index is 0. The summed E-state index contributed by atoms with van der Waals surface area (Å²) in [6.07, 6.45) is 7.68.